The number of fused-ring (bicyclic) bond motifs is 8. The van der Waals surface area contributed by atoms with E-state index in [2.05, 4.69) is 274 Å². The van der Waals surface area contributed by atoms with Crippen LogP contribution in [0, 0.1) is 24.7 Å². The van der Waals surface area contributed by atoms with Gasteiger partial charge in [0.05, 0.1) is 0 Å². The Hall–Kier alpha value is -6.50. The Balaban J connectivity index is 1.26. The molecule has 440 valence electrons. The maximum Gasteiger partial charge on any atom is 0.0149 e. The highest BCUT2D eigenvalue weighted by Gasteiger charge is 2.47. The molecule has 0 aliphatic heterocycles. The Bertz CT molecular complexity index is 4430. The largest absolute Gasteiger partial charge is 0.0750 e. The van der Waals surface area contributed by atoms with Crippen molar-refractivity contribution in [3.05, 3.63) is 205 Å². The number of benzene rings is 8. The summed E-state index contributed by atoms with van der Waals surface area (Å²) in [6.07, 6.45) is 12.1. The molecule has 0 amide bonds. The van der Waals surface area contributed by atoms with Crippen molar-refractivity contribution >= 4 is 27.1 Å². The van der Waals surface area contributed by atoms with E-state index in [1.807, 2.05) is 0 Å². The van der Waals surface area contributed by atoms with Crippen LogP contribution in [0.1, 0.15) is 248 Å². The van der Waals surface area contributed by atoms with Crippen molar-refractivity contribution in [3.63, 3.8) is 0 Å². The predicted molar refractivity (Wildman–Crippen MR) is 373 cm³/mol. The first kappa shape index (κ1) is 57.3. The monoisotopic (exact) mass is 1130 g/mol. The molecule has 18 bridgehead atoms. The van der Waals surface area contributed by atoms with Crippen LogP contribution in [0.4, 0.5) is 0 Å². The molecule has 16 rings (SSSR count). The van der Waals surface area contributed by atoms with Crippen LogP contribution in [-0.4, -0.2) is 0 Å². The van der Waals surface area contributed by atoms with E-state index in [9.17, 15) is 0 Å². The van der Waals surface area contributed by atoms with Gasteiger partial charge in [-0.05, 0) is 244 Å². The van der Waals surface area contributed by atoms with Crippen molar-refractivity contribution in [3.8, 4) is 55.6 Å². The third kappa shape index (κ3) is 8.46. The zero-order valence-corrected chi connectivity index (χ0v) is 56.5. The quantitative estimate of drug-likeness (QED) is 0.142. The van der Waals surface area contributed by atoms with Gasteiger partial charge in [-0.25, -0.2) is 0 Å². The maximum absolute atomic E-state index is 2.80. The lowest BCUT2D eigenvalue weighted by Gasteiger charge is -2.41. The van der Waals surface area contributed by atoms with Crippen molar-refractivity contribution in [2.24, 2.45) is 10.8 Å². The molecule has 86 heavy (non-hydrogen) atoms. The summed E-state index contributed by atoms with van der Waals surface area (Å²) in [6.45, 7) is 54.6. The van der Waals surface area contributed by atoms with Crippen LogP contribution in [0.15, 0.2) is 133 Å². The van der Waals surface area contributed by atoms with Crippen LogP contribution in [0.5, 0.6) is 0 Å². The van der Waals surface area contributed by atoms with Crippen molar-refractivity contribution in [1.29, 1.82) is 0 Å². The molecule has 0 saturated carbocycles. The molecular weight excluding hydrogens is 1030 g/mol. The Morgan fingerprint density at radius 2 is 0.895 bits per heavy atom. The summed E-state index contributed by atoms with van der Waals surface area (Å²) in [5.74, 6) is 0.316. The van der Waals surface area contributed by atoms with Gasteiger partial charge in [-0.2, -0.15) is 0 Å². The summed E-state index contributed by atoms with van der Waals surface area (Å²) < 4.78 is 0. The molecule has 8 aromatic carbocycles. The van der Waals surface area contributed by atoms with Crippen molar-refractivity contribution < 1.29 is 0 Å². The third-order valence-corrected chi connectivity index (χ3v) is 22.5. The molecule has 0 spiro atoms. The SMILES string of the molecule is Cc1ccc2c3c4c5c(c2c1C)C1C=C(C=C(C(C)(C)C)C1)C(C)(C)CC(C)(C)c1cc(cc(C(C)(C)C)c1)-c1c2c(c(c6ccccc16)-c1cc(C(C)(C)C)cc(c1)C(C)(C)CC(C)(C)c1cc-3cc(C(C)(C)C)c1)C1CC=C4c3c-5ccc-2c31. The molecule has 0 fully saturated rings. The Labute approximate surface area is 517 Å². The molecule has 8 aliphatic rings. The molecule has 0 N–H and O–H groups in total. The van der Waals surface area contributed by atoms with Crippen LogP contribution in [0.3, 0.4) is 0 Å². The zero-order chi connectivity index (χ0) is 61.4. The fourth-order valence-electron chi connectivity index (χ4n) is 17.8. The molecule has 2 atom stereocenters. The van der Waals surface area contributed by atoms with Gasteiger partial charge in [-0.1, -0.05) is 265 Å². The second-order valence-corrected chi connectivity index (χ2v) is 34.8. The lowest BCUT2D eigenvalue weighted by molar-refractivity contribution is 0.305. The molecular formula is C86H96. The highest BCUT2D eigenvalue weighted by atomic mass is 14.5. The second-order valence-electron chi connectivity index (χ2n) is 34.8. The van der Waals surface area contributed by atoms with E-state index >= 15 is 0 Å². The Morgan fingerprint density at radius 1 is 0.419 bits per heavy atom. The number of allylic oxidation sites excluding steroid dienone is 5. The van der Waals surface area contributed by atoms with Crippen molar-refractivity contribution in [1.82, 2.24) is 0 Å². The van der Waals surface area contributed by atoms with Gasteiger partial charge in [-0.15, -0.1) is 0 Å². The van der Waals surface area contributed by atoms with Crippen LogP contribution in [0.2, 0.25) is 0 Å². The predicted octanol–water partition coefficient (Wildman–Crippen LogP) is 24.5. The first-order chi connectivity index (χ1) is 39.9. The van der Waals surface area contributed by atoms with Crippen LogP contribution >= 0.6 is 0 Å². The van der Waals surface area contributed by atoms with Gasteiger partial charge in [0.25, 0.3) is 0 Å². The first-order valence-corrected chi connectivity index (χ1v) is 32.9. The number of hydrogen-bond donors (Lipinski definition) is 0. The molecule has 0 aromatic heterocycles. The summed E-state index contributed by atoms with van der Waals surface area (Å²) in [4.78, 5) is 0. The van der Waals surface area contributed by atoms with Gasteiger partial charge >= 0.3 is 0 Å². The minimum atomic E-state index is -0.191. The first-order valence-electron chi connectivity index (χ1n) is 32.9. The molecule has 2 unspecified atom stereocenters. The van der Waals surface area contributed by atoms with E-state index in [-0.39, 0.29) is 55.2 Å². The van der Waals surface area contributed by atoms with E-state index < -0.39 is 0 Å². The van der Waals surface area contributed by atoms with E-state index in [4.69, 9.17) is 0 Å². The van der Waals surface area contributed by atoms with Crippen LogP contribution in [-0.2, 0) is 32.5 Å². The number of hydrogen-bond acceptors (Lipinski definition) is 0. The zero-order valence-electron chi connectivity index (χ0n) is 56.5. The highest BCUT2D eigenvalue weighted by Crippen LogP contribution is 2.67. The Kier molecular flexibility index (Phi) is 12.0. The molecule has 8 aliphatic carbocycles. The van der Waals surface area contributed by atoms with Crippen LogP contribution in [0.25, 0.3) is 82.8 Å². The second kappa shape index (κ2) is 18.1. The summed E-state index contributed by atoms with van der Waals surface area (Å²) in [5.41, 5.74) is 36.5. The smallest absolute Gasteiger partial charge is 0.0149 e. The van der Waals surface area contributed by atoms with Crippen molar-refractivity contribution in [2.45, 2.75) is 222 Å². The molecule has 0 heteroatoms. The molecule has 0 saturated heterocycles. The fraction of sp³-hybridized carbons (Fsp3) is 0.419. The van der Waals surface area contributed by atoms with E-state index in [1.165, 1.54) is 155 Å². The summed E-state index contributed by atoms with van der Waals surface area (Å²) >= 11 is 0. The normalized spacial score (nSPS) is 20.1. The maximum atomic E-state index is 2.80. The lowest BCUT2D eigenvalue weighted by Crippen LogP contribution is -2.31. The van der Waals surface area contributed by atoms with E-state index in [0.29, 0.717) is 0 Å². The lowest BCUT2D eigenvalue weighted by atomic mass is 9.63. The fourth-order valence-corrected chi connectivity index (χ4v) is 17.8. The van der Waals surface area contributed by atoms with Gasteiger partial charge in [0.1, 0.15) is 0 Å². The Morgan fingerprint density at radius 3 is 1.42 bits per heavy atom. The topological polar surface area (TPSA) is 0 Å². The van der Waals surface area contributed by atoms with E-state index in [1.54, 1.807) is 11.1 Å². The average Bonchev–Trinajstić information content (AvgIpc) is 1.49. The molecule has 0 radical (unpaired) electrons. The molecule has 8 aromatic rings. The van der Waals surface area contributed by atoms with Gasteiger partial charge < -0.3 is 0 Å². The molecule has 0 heterocycles. The third-order valence-electron chi connectivity index (χ3n) is 22.5. The minimum Gasteiger partial charge on any atom is -0.0750 e. The van der Waals surface area contributed by atoms with Crippen molar-refractivity contribution in [2.75, 3.05) is 0 Å². The van der Waals surface area contributed by atoms with Crippen LogP contribution < -0.4 is 0 Å². The summed E-state index contributed by atoms with van der Waals surface area (Å²) in [6, 6.07) is 43.6. The van der Waals surface area contributed by atoms with Gasteiger partial charge in [-0.3, -0.25) is 0 Å². The highest BCUT2D eigenvalue weighted by molar-refractivity contribution is 6.21. The number of rotatable bonds is 0. The average molecular weight is 1130 g/mol. The van der Waals surface area contributed by atoms with E-state index in [0.717, 1.165) is 25.7 Å². The van der Waals surface area contributed by atoms with Gasteiger partial charge in [0.2, 0.25) is 0 Å². The van der Waals surface area contributed by atoms with Gasteiger partial charge in [0, 0.05) is 11.8 Å². The summed E-state index contributed by atoms with van der Waals surface area (Å²) in [5, 5.41) is 5.58. The summed E-state index contributed by atoms with van der Waals surface area (Å²) in [7, 11) is 0. The molecule has 0 nitrogen and oxygen atoms in total. The number of aryl methyl sites for hydroxylation is 2. The van der Waals surface area contributed by atoms with Gasteiger partial charge in [0.15, 0.2) is 0 Å². The standard InChI is InChI=1S/C86H96/c1-47-27-28-63-68(48(47)2)72-52-36-56(82(12,13)14)44-60(40-52)86(21,22)46-84(17,18)58-38-50(34-54(42-58)80(6,7)8)70-62-26-24-23-25-61(62)69-49-33-53(79(3,4)5)41-57(37-49)83(15,16)45-85(19,20)59-39-51(35-55(43-59)81(9,10)11)71(63)77-66-30-29-64-73-65(76(70)75(64)69)31-32-67(74(66)73)78(72)77/h23-28,30-35,37-44,52,64H,29,36,45-46H2,1-22H3. The minimum absolute atomic E-state index is 0.0221.